The molecule has 1 aromatic heterocycles. The van der Waals surface area contributed by atoms with Crippen molar-refractivity contribution >= 4 is 46.4 Å². The quantitative estimate of drug-likeness (QED) is 0.342. The number of alkyl halides is 3. The summed E-state index contributed by atoms with van der Waals surface area (Å²) in [5.74, 6) is 0.632. The van der Waals surface area contributed by atoms with E-state index in [1.165, 1.54) is 12.1 Å². The van der Waals surface area contributed by atoms with Crippen molar-refractivity contribution in [2.45, 2.75) is 25.4 Å². The molecular formula is C19H16Cl4F3NO2. The normalized spacial score (nSPS) is 11.3. The van der Waals surface area contributed by atoms with Gasteiger partial charge in [0, 0.05) is 22.3 Å². The Kier molecular flexibility index (Phi) is 9.21. The lowest BCUT2D eigenvalue weighted by Gasteiger charge is -2.11. The van der Waals surface area contributed by atoms with Crippen molar-refractivity contribution in [2.75, 3.05) is 13.2 Å². The molecule has 0 radical (unpaired) electrons. The molecule has 0 saturated heterocycles. The average molecular weight is 489 g/mol. The third kappa shape index (κ3) is 8.13. The summed E-state index contributed by atoms with van der Waals surface area (Å²) < 4.78 is 48.4. The number of ether oxygens (including phenoxy) is 2. The lowest BCUT2D eigenvalue weighted by molar-refractivity contribution is -0.137. The highest BCUT2D eigenvalue weighted by Crippen LogP contribution is 2.32. The van der Waals surface area contributed by atoms with Gasteiger partial charge < -0.3 is 9.47 Å². The number of benzene rings is 1. The van der Waals surface area contributed by atoms with Crippen molar-refractivity contribution in [2.24, 2.45) is 0 Å². The lowest BCUT2D eigenvalue weighted by Crippen LogP contribution is -2.06. The second-order valence-corrected chi connectivity index (χ2v) is 7.68. The third-order valence-corrected chi connectivity index (χ3v) is 4.72. The van der Waals surface area contributed by atoms with Gasteiger partial charge in [0.25, 0.3) is 0 Å². The molecule has 0 aliphatic rings. The zero-order valence-corrected chi connectivity index (χ0v) is 17.9. The molecule has 0 amide bonds. The van der Waals surface area contributed by atoms with Crippen LogP contribution in [0.5, 0.6) is 11.6 Å². The van der Waals surface area contributed by atoms with Gasteiger partial charge >= 0.3 is 6.18 Å². The lowest BCUT2D eigenvalue weighted by atomic mass is 10.1. The first-order chi connectivity index (χ1) is 13.7. The zero-order valence-electron chi connectivity index (χ0n) is 14.9. The highest BCUT2D eigenvalue weighted by Gasteiger charge is 2.30. The Morgan fingerprint density at radius 3 is 2.28 bits per heavy atom. The molecule has 158 valence electrons. The largest absolute Gasteiger partial charge is 0.489 e. The molecule has 3 nitrogen and oxygen atoms in total. The number of unbranched alkanes of at least 4 members (excludes halogenated alkanes) is 1. The second kappa shape index (κ2) is 11.2. The molecule has 0 atom stereocenters. The molecule has 0 aliphatic carbocycles. The van der Waals surface area contributed by atoms with E-state index in [0.29, 0.717) is 41.7 Å². The Labute approximate surface area is 186 Å². The first kappa shape index (κ1) is 23.9. The van der Waals surface area contributed by atoms with Crippen LogP contribution in [0.3, 0.4) is 0 Å². The van der Waals surface area contributed by atoms with Crippen LogP contribution in [-0.4, -0.2) is 18.2 Å². The van der Waals surface area contributed by atoms with Crippen molar-refractivity contribution in [3.63, 3.8) is 0 Å². The van der Waals surface area contributed by atoms with Gasteiger partial charge in [0.05, 0.1) is 12.2 Å². The Morgan fingerprint density at radius 1 is 1.03 bits per heavy atom. The maximum absolute atomic E-state index is 12.5. The Morgan fingerprint density at radius 2 is 1.72 bits per heavy atom. The summed E-state index contributed by atoms with van der Waals surface area (Å²) in [7, 11) is 0. The van der Waals surface area contributed by atoms with Crippen molar-refractivity contribution in [3.8, 4) is 11.6 Å². The number of rotatable bonds is 9. The van der Waals surface area contributed by atoms with E-state index >= 15 is 0 Å². The first-order valence-corrected chi connectivity index (χ1v) is 9.96. The fourth-order valence-corrected chi connectivity index (χ4v) is 3.10. The zero-order chi connectivity index (χ0) is 21.4. The van der Waals surface area contributed by atoms with Gasteiger partial charge in [-0.05, 0) is 49.1 Å². The van der Waals surface area contributed by atoms with E-state index < -0.39 is 11.7 Å². The number of nitrogens with zero attached hydrogens (tertiary/aromatic N) is 1. The van der Waals surface area contributed by atoms with Gasteiger partial charge in [-0.15, -0.1) is 0 Å². The smallest absolute Gasteiger partial charge is 0.417 e. The highest BCUT2D eigenvalue weighted by atomic mass is 35.5. The van der Waals surface area contributed by atoms with Crippen LogP contribution in [0.2, 0.25) is 10.0 Å². The van der Waals surface area contributed by atoms with Crippen LogP contribution in [0.4, 0.5) is 13.2 Å². The van der Waals surface area contributed by atoms with Crippen molar-refractivity contribution in [3.05, 3.63) is 62.2 Å². The molecule has 0 fully saturated rings. The number of hydrogen-bond donors (Lipinski definition) is 0. The topological polar surface area (TPSA) is 31.4 Å². The molecule has 1 aromatic carbocycles. The van der Waals surface area contributed by atoms with Gasteiger partial charge in [0.2, 0.25) is 5.88 Å². The van der Waals surface area contributed by atoms with E-state index in [0.717, 1.165) is 17.8 Å². The fourth-order valence-electron chi connectivity index (χ4n) is 2.32. The maximum atomic E-state index is 12.5. The molecule has 2 rings (SSSR count). The van der Waals surface area contributed by atoms with E-state index in [4.69, 9.17) is 55.9 Å². The molecular weight excluding hydrogens is 473 g/mol. The summed E-state index contributed by atoms with van der Waals surface area (Å²) in [6.45, 7) is 0.490. The third-order valence-electron chi connectivity index (χ3n) is 3.74. The van der Waals surface area contributed by atoms with E-state index in [-0.39, 0.29) is 17.0 Å². The number of hydrogen-bond acceptors (Lipinski definition) is 3. The SMILES string of the molecule is FC(F)(F)c1ccc(OCCCCc2c(Cl)cc(OCC=C(Cl)Cl)cc2Cl)nc1. The predicted octanol–water partition coefficient (Wildman–Crippen LogP) is 7.51. The van der Waals surface area contributed by atoms with E-state index in [1.807, 2.05) is 0 Å². The van der Waals surface area contributed by atoms with Crippen LogP contribution < -0.4 is 9.47 Å². The number of aromatic nitrogens is 1. The van der Waals surface area contributed by atoms with Gasteiger partial charge in [0.1, 0.15) is 16.8 Å². The summed E-state index contributed by atoms with van der Waals surface area (Å²) in [5.41, 5.74) is -0.0393. The molecule has 0 aliphatic heterocycles. The number of halogens is 7. The van der Waals surface area contributed by atoms with E-state index in [2.05, 4.69) is 4.98 Å². The average Bonchev–Trinajstić information content (AvgIpc) is 2.62. The molecule has 0 saturated carbocycles. The van der Waals surface area contributed by atoms with Gasteiger partial charge in [0.15, 0.2) is 0 Å². The highest BCUT2D eigenvalue weighted by molar-refractivity contribution is 6.55. The van der Waals surface area contributed by atoms with E-state index in [1.54, 1.807) is 12.1 Å². The van der Waals surface area contributed by atoms with Crippen LogP contribution in [0.25, 0.3) is 0 Å². The Bertz CT molecular complexity index is 815. The summed E-state index contributed by atoms with van der Waals surface area (Å²) in [6, 6.07) is 5.44. The van der Waals surface area contributed by atoms with Crippen LogP contribution in [0.1, 0.15) is 24.0 Å². The molecule has 0 unspecified atom stereocenters. The molecule has 0 bridgehead atoms. The van der Waals surface area contributed by atoms with Crippen molar-refractivity contribution in [1.82, 2.24) is 4.98 Å². The Balaban J connectivity index is 1.79. The van der Waals surface area contributed by atoms with Crippen LogP contribution >= 0.6 is 46.4 Å². The minimum Gasteiger partial charge on any atom is -0.489 e. The summed E-state index contributed by atoms with van der Waals surface area (Å²) in [5, 5.41) is 0.942. The van der Waals surface area contributed by atoms with Gasteiger partial charge in [-0.2, -0.15) is 13.2 Å². The minimum absolute atomic E-state index is 0.104. The molecule has 1 heterocycles. The predicted molar refractivity (Wildman–Crippen MR) is 109 cm³/mol. The first-order valence-electron chi connectivity index (χ1n) is 8.44. The second-order valence-electron chi connectivity index (χ2n) is 5.86. The summed E-state index contributed by atoms with van der Waals surface area (Å²) in [6.07, 6.45) is -0.217. The van der Waals surface area contributed by atoms with Crippen LogP contribution in [0, 0.1) is 0 Å². The fraction of sp³-hybridized carbons (Fsp3) is 0.316. The van der Waals surface area contributed by atoms with Crippen molar-refractivity contribution in [1.29, 1.82) is 0 Å². The van der Waals surface area contributed by atoms with Gasteiger partial charge in [-0.25, -0.2) is 4.98 Å². The van der Waals surface area contributed by atoms with Gasteiger partial charge in [-0.3, -0.25) is 0 Å². The Hall–Kier alpha value is -1.34. The van der Waals surface area contributed by atoms with Crippen LogP contribution in [-0.2, 0) is 12.6 Å². The summed E-state index contributed by atoms with van der Waals surface area (Å²) in [4.78, 5) is 3.66. The molecule has 0 N–H and O–H groups in total. The monoisotopic (exact) mass is 487 g/mol. The maximum Gasteiger partial charge on any atom is 0.417 e. The molecule has 10 heteroatoms. The summed E-state index contributed by atoms with van der Waals surface area (Å²) >= 11 is 23.6. The molecule has 29 heavy (non-hydrogen) atoms. The molecule has 2 aromatic rings. The van der Waals surface area contributed by atoms with Gasteiger partial charge in [-0.1, -0.05) is 46.4 Å². The number of pyridine rings is 1. The van der Waals surface area contributed by atoms with E-state index in [9.17, 15) is 13.2 Å². The minimum atomic E-state index is -4.42. The molecule has 0 spiro atoms. The van der Waals surface area contributed by atoms with Crippen LogP contribution in [0.15, 0.2) is 41.0 Å². The van der Waals surface area contributed by atoms with Crippen molar-refractivity contribution < 1.29 is 22.6 Å². The standard InChI is InChI=1S/C19H16Cl4F3NO2/c20-15-9-13(28-8-6-17(22)23)10-16(21)14(15)3-1-2-7-29-18-5-4-12(11-27-18)19(24,25)26/h4-6,9-11H,1-3,7-8H2.